The van der Waals surface area contributed by atoms with Crippen molar-refractivity contribution in [2.75, 3.05) is 0 Å². The lowest BCUT2D eigenvalue weighted by molar-refractivity contribution is 0.833. The first kappa shape index (κ1) is 18.1. The van der Waals surface area contributed by atoms with Crippen molar-refractivity contribution in [1.29, 1.82) is 0 Å². The van der Waals surface area contributed by atoms with Crippen molar-refractivity contribution in [3.63, 3.8) is 0 Å². The predicted octanol–water partition coefficient (Wildman–Crippen LogP) is 2.22. The van der Waals surface area contributed by atoms with Gasteiger partial charge in [0.2, 0.25) is 4.96 Å². The molecule has 0 aliphatic heterocycles. The zero-order chi connectivity index (χ0) is 20.7. The zero-order valence-corrected chi connectivity index (χ0v) is 16.7. The summed E-state index contributed by atoms with van der Waals surface area (Å²) in [6, 6.07) is 19.6. The van der Waals surface area contributed by atoms with Crippen molar-refractivity contribution >= 4 is 22.4 Å². The van der Waals surface area contributed by atoms with Crippen LogP contribution in [-0.4, -0.2) is 24.4 Å². The highest BCUT2D eigenvalue weighted by molar-refractivity contribution is 7.15. The number of nitrogens with zero attached hydrogens (tertiary/aromatic N) is 5. The number of aryl methyl sites for hydroxylation is 1. The van der Waals surface area contributed by atoms with Crippen molar-refractivity contribution in [2.45, 2.75) is 6.92 Å². The van der Waals surface area contributed by atoms with E-state index in [9.17, 15) is 9.59 Å². The Labute approximate surface area is 174 Å². The lowest BCUT2D eigenvalue weighted by Crippen LogP contribution is -2.27. The lowest BCUT2D eigenvalue weighted by atomic mass is 10.1. The van der Waals surface area contributed by atoms with Crippen LogP contribution in [0.3, 0.4) is 0 Å². The molecule has 30 heavy (non-hydrogen) atoms. The fourth-order valence-corrected chi connectivity index (χ4v) is 4.05. The smallest absolute Gasteiger partial charge is 0.266 e. The summed E-state index contributed by atoms with van der Waals surface area (Å²) in [6.45, 7) is 1.54. The number of fused-ring (bicyclic) bond motifs is 1. The fraction of sp³-hybridized carbons (Fsp3) is 0.0455. The molecule has 3 aromatic heterocycles. The molecule has 0 bridgehead atoms. The molecule has 0 saturated carbocycles. The van der Waals surface area contributed by atoms with Crippen molar-refractivity contribution < 1.29 is 0 Å². The third-order valence-electron chi connectivity index (χ3n) is 4.64. The molecule has 0 aliphatic carbocycles. The van der Waals surface area contributed by atoms with Gasteiger partial charge in [-0.05, 0) is 25.1 Å². The van der Waals surface area contributed by atoms with Gasteiger partial charge in [-0.3, -0.25) is 9.59 Å². The lowest BCUT2D eigenvalue weighted by Gasteiger charge is -2.00. The van der Waals surface area contributed by atoms with Gasteiger partial charge in [0.1, 0.15) is 5.69 Å². The molecule has 5 aromatic rings. The maximum absolute atomic E-state index is 12.8. The van der Waals surface area contributed by atoms with Crippen LogP contribution in [0.5, 0.6) is 0 Å². The van der Waals surface area contributed by atoms with E-state index in [-0.39, 0.29) is 16.2 Å². The molecule has 146 valence electrons. The molecule has 2 aromatic carbocycles. The number of para-hydroxylation sites is 1. The van der Waals surface area contributed by atoms with E-state index in [0.29, 0.717) is 4.53 Å². The van der Waals surface area contributed by atoms with Gasteiger partial charge in [0.15, 0.2) is 0 Å². The summed E-state index contributed by atoms with van der Waals surface area (Å²) in [4.78, 5) is 28.9. The molecule has 0 radical (unpaired) electrons. The van der Waals surface area contributed by atoms with E-state index in [1.54, 1.807) is 17.7 Å². The number of thiazole rings is 1. The summed E-state index contributed by atoms with van der Waals surface area (Å²) in [5.41, 5.74) is 2.85. The Kier molecular flexibility index (Phi) is 4.33. The molecular formula is C22H15N5O2S. The molecule has 8 heteroatoms. The van der Waals surface area contributed by atoms with Gasteiger partial charge in [-0.1, -0.05) is 59.9 Å². The zero-order valence-electron chi connectivity index (χ0n) is 15.9. The summed E-state index contributed by atoms with van der Waals surface area (Å²) >= 11 is 1.13. The Morgan fingerprint density at radius 2 is 1.63 bits per heavy atom. The second-order valence-electron chi connectivity index (χ2n) is 6.69. The van der Waals surface area contributed by atoms with Gasteiger partial charge in [-0.25, -0.2) is 4.68 Å². The van der Waals surface area contributed by atoms with Crippen LogP contribution in [0.2, 0.25) is 0 Å². The van der Waals surface area contributed by atoms with Crippen LogP contribution in [0.15, 0.2) is 76.4 Å². The largest absolute Gasteiger partial charge is 0.295 e. The van der Waals surface area contributed by atoms with Gasteiger partial charge in [0, 0.05) is 17.3 Å². The van der Waals surface area contributed by atoms with Crippen LogP contribution in [-0.2, 0) is 0 Å². The van der Waals surface area contributed by atoms with Crippen molar-refractivity contribution in [2.24, 2.45) is 0 Å². The Morgan fingerprint density at radius 3 is 2.37 bits per heavy atom. The molecule has 0 spiro atoms. The van der Waals surface area contributed by atoms with Crippen molar-refractivity contribution in [3.05, 3.63) is 103 Å². The molecule has 3 heterocycles. The molecule has 0 aliphatic rings. The van der Waals surface area contributed by atoms with E-state index in [4.69, 9.17) is 5.10 Å². The van der Waals surface area contributed by atoms with E-state index >= 15 is 0 Å². The van der Waals surface area contributed by atoms with Crippen LogP contribution < -0.4 is 15.7 Å². The number of aromatic nitrogens is 5. The predicted molar refractivity (Wildman–Crippen MR) is 116 cm³/mol. The van der Waals surface area contributed by atoms with Crippen LogP contribution in [0.4, 0.5) is 0 Å². The number of rotatable bonds is 3. The Bertz CT molecular complexity index is 1540. The summed E-state index contributed by atoms with van der Waals surface area (Å²) in [7, 11) is 0. The summed E-state index contributed by atoms with van der Waals surface area (Å²) in [5, 5.41) is 8.83. The summed E-state index contributed by atoms with van der Waals surface area (Å²) in [6.07, 6.45) is 3.66. The van der Waals surface area contributed by atoms with Crippen LogP contribution in [0.1, 0.15) is 11.3 Å². The maximum Gasteiger partial charge on any atom is 0.295 e. The fourth-order valence-electron chi connectivity index (χ4n) is 3.15. The maximum atomic E-state index is 12.8. The van der Waals surface area contributed by atoms with Crippen LogP contribution >= 0.6 is 11.3 Å². The van der Waals surface area contributed by atoms with Gasteiger partial charge in [0.25, 0.3) is 11.1 Å². The normalized spacial score (nSPS) is 12.0. The first-order valence-electron chi connectivity index (χ1n) is 9.23. The number of benzene rings is 2. The molecule has 0 atom stereocenters. The van der Waals surface area contributed by atoms with E-state index < -0.39 is 5.56 Å². The Hall–Kier alpha value is -3.91. The molecule has 0 unspecified atom stereocenters. The highest BCUT2D eigenvalue weighted by atomic mass is 32.1. The standard InChI is InChI=1S/C22H15N5O2S/c1-14-20(28)23-22-27(24-14)21(29)18(30-22)12-16-13-26(17-10-6-3-7-11-17)25-19(16)15-8-4-2-5-9-15/h2-13H,1H3. The monoisotopic (exact) mass is 413 g/mol. The molecule has 0 N–H and O–H groups in total. The highest BCUT2D eigenvalue weighted by Crippen LogP contribution is 2.24. The SMILES string of the molecule is Cc1nn2c(=O)c(=Cc3cn(-c4ccccc4)nc3-c3ccccc3)sc2nc1=O. The molecule has 5 rings (SSSR count). The molecule has 0 fully saturated rings. The first-order valence-corrected chi connectivity index (χ1v) is 10.0. The minimum atomic E-state index is -0.426. The Balaban J connectivity index is 1.75. The molecule has 0 amide bonds. The van der Waals surface area contributed by atoms with Gasteiger partial charge < -0.3 is 0 Å². The minimum Gasteiger partial charge on any atom is -0.266 e. The first-order chi connectivity index (χ1) is 14.6. The van der Waals surface area contributed by atoms with Gasteiger partial charge >= 0.3 is 0 Å². The van der Waals surface area contributed by atoms with E-state index in [2.05, 4.69) is 10.1 Å². The average molecular weight is 413 g/mol. The number of hydrogen-bond acceptors (Lipinski definition) is 6. The highest BCUT2D eigenvalue weighted by Gasteiger charge is 2.13. The van der Waals surface area contributed by atoms with Crippen LogP contribution in [0.25, 0.3) is 28.0 Å². The quantitative estimate of drug-likeness (QED) is 0.453. The van der Waals surface area contributed by atoms with E-state index in [1.807, 2.05) is 66.9 Å². The molecule has 7 nitrogen and oxygen atoms in total. The van der Waals surface area contributed by atoms with Gasteiger partial charge in [-0.15, -0.1) is 0 Å². The summed E-state index contributed by atoms with van der Waals surface area (Å²) in [5.74, 6) is 0. The molecular weight excluding hydrogens is 398 g/mol. The van der Waals surface area contributed by atoms with E-state index in [0.717, 1.165) is 33.8 Å². The summed E-state index contributed by atoms with van der Waals surface area (Å²) < 4.78 is 3.40. The van der Waals surface area contributed by atoms with Crippen LogP contribution in [0, 0.1) is 6.92 Å². The van der Waals surface area contributed by atoms with Crippen molar-refractivity contribution in [1.82, 2.24) is 24.4 Å². The second-order valence-corrected chi connectivity index (χ2v) is 7.70. The van der Waals surface area contributed by atoms with Crippen molar-refractivity contribution in [3.8, 4) is 16.9 Å². The third kappa shape index (κ3) is 3.13. The molecule has 0 saturated heterocycles. The van der Waals surface area contributed by atoms with E-state index in [1.165, 1.54) is 4.52 Å². The van der Waals surface area contributed by atoms with Gasteiger partial charge in [0.05, 0.1) is 15.9 Å². The van der Waals surface area contributed by atoms with Gasteiger partial charge in [-0.2, -0.15) is 19.7 Å². The number of hydrogen-bond donors (Lipinski definition) is 0. The topological polar surface area (TPSA) is 82.2 Å². The third-order valence-corrected chi connectivity index (χ3v) is 5.60. The average Bonchev–Trinajstić information content (AvgIpc) is 3.32. The Morgan fingerprint density at radius 1 is 0.933 bits per heavy atom. The minimum absolute atomic E-state index is 0.191. The second kappa shape index (κ2) is 7.16.